The van der Waals surface area contributed by atoms with Crippen molar-refractivity contribution in [3.63, 3.8) is 0 Å². The van der Waals surface area contributed by atoms with E-state index in [0.29, 0.717) is 17.1 Å². The first-order valence-corrected chi connectivity index (χ1v) is 7.30. The maximum absolute atomic E-state index is 14.0. The summed E-state index contributed by atoms with van der Waals surface area (Å²) in [5.74, 6) is 5.74. The fourth-order valence-corrected chi connectivity index (χ4v) is 2.89. The highest BCUT2D eigenvalue weighted by atomic mass is 32.2. The van der Waals surface area contributed by atoms with Gasteiger partial charge < -0.3 is 4.74 Å². The Morgan fingerprint density at radius 1 is 1.24 bits per heavy atom. The van der Waals surface area contributed by atoms with Crippen molar-refractivity contribution >= 4 is 11.8 Å². The molecule has 0 aromatic heterocycles. The first kappa shape index (κ1) is 15.8. The van der Waals surface area contributed by atoms with E-state index in [4.69, 9.17) is 10.6 Å². The lowest BCUT2D eigenvalue weighted by atomic mass is 10.1. The summed E-state index contributed by atoms with van der Waals surface area (Å²) in [6.45, 7) is 0. The Hall–Kier alpha value is -1.63. The van der Waals surface area contributed by atoms with Crippen LogP contribution >= 0.6 is 11.8 Å². The zero-order valence-corrected chi connectivity index (χ0v) is 12.3. The summed E-state index contributed by atoms with van der Waals surface area (Å²) in [6.07, 6.45) is 0. The molecule has 0 amide bonds. The van der Waals surface area contributed by atoms with Crippen LogP contribution in [-0.4, -0.2) is 12.9 Å². The molecule has 0 heterocycles. The summed E-state index contributed by atoms with van der Waals surface area (Å²) >= 11 is 1.40. The van der Waals surface area contributed by atoms with Gasteiger partial charge in [-0.3, -0.25) is 11.3 Å². The van der Waals surface area contributed by atoms with Gasteiger partial charge in [0, 0.05) is 22.3 Å². The van der Waals surface area contributed by atoms with Gasteiger partial charge in [0.25, 0.3) is 0 Å². The Labute approximate surface area is 126 Å². The van der Waals surface area contributed by atoms with Crippen LogP contribution in [0.2, 0.25) is 0 Å². The molecular weight excluding hydrogens is 294 g/mol. The molecule has 0 bridgehead atoms. The molecule has 0 aliphatic carbocycles. The lowest BCUT2D eigenvalue weighted by Crippen LogP contribution is -2.30. The van der Waals surface area contributed by atoms with E-state index < -0.39 is 5.82 Å². The predicted octanol–water partition coefficient (Wildman–Crippen LogP) is 3.27. The zero-order valence-electron chi connectivity index (χ0n) is 11.5. The van der Waals surface area contributed by atoms with Gasteiger partial charge in [0.1, 0.15) is 17.4 Å². The van der Waals surface area contributed by atoms with Crippen molar-refractivity contribution in [3.8, 4) is 5.75 Å². The highest BCUT2D eigenvalue weighted by Gasteiger charge is 2.15. The molecule has 2 rings (SSSR count). The molecular formula is C15H16F2N2OS. The van der Waals surface area contributed by atoms with Gasteiger partial charge in [0.2, 0.25) is 0 Å². The van der Waals surface area contributed by atoms with E-state index in [1.54, 1.807) is 24.3 Å². The standard InChI is InChI=1S/C15H16F2N2OS/c1-20-11-5-6-13(14(17)8-11)15(19-18)9-21-12-4-2-3-10(16)7-12/h2-8,15,19H,9,18H2,1H3. The molecule has 0 aliphatic rings. The summed E-state index contributed by atoms with van der Waals surface area (Å²) in [7, 11) is 1.48. The van der Waals surface area contributed by atoms with E-state index in [1.165, 1.54) is 37.1 Å². The van der Waals surface area contributed by atoms with E-state index >= 15 is 0 Å². The molecule has 0 saturated carbocycles. The second-order valence-electron chi connectivity index (χ2n) is 4.38. The molecule has 0 saturated heterocycles. The van der Waals surface area contributed by atoms with Crippen molar-refractivity contribution in [2.75, 3.05) is 12.9 Å². The lowest BCUT2D eigenvalue weighted by molar-refractivity contribution is 0.409. The van der Waals surface area contributed by atoms with E-state index in [0.717, 1.165) is 4.90 Å². The maximum atomic E-state index is 14.0. The molecule has 1 atom stereocenters. The molecule has 0 radical (unpaired) electrons. The number of nitrogens with two attached hydrogens (primary N) is 1. The van der Waals surface area contributed by atoms with Gasteiger partial charge in [-0.15, -0.1) is 11.8 Å². The van der Waals surface area contributed by atoms with Gasteiger partial charge in [0.15, 0.2) is 0 Å². The van der Waals surface area contributed by atoms with Gasteiger partial charge >= 0.3 is 0 Å². The molecule has 112 valence electrons. The molecule has 3 N–H and O–H groups in total. The van der Waals surface area contributed by atoms with Crippen LogP contribution in [0.4, 0.5) is 8.78 Å². The quantitative estimate of drug-likeness (QED) is 0.488. The minimum absolute atomic E-state index is 0.298. The molecule has 0 fully saturated rings. The molecule has 6 heteroatoms. The molecule has 0 spiro atoms. The Bertz CT molecular complexity index is 610. The lowest BCUT2D eigenvalue weighted by Gasteiger charge is -2.17. The van der Waals surface area contributed by atoms with Crippen molar-refractivity contribution in [1.82, 2.24) is 5.43 Å². The van der Waals surface area contributed by atoms with Crippen molar-refractivity contribution in [3.05, 3.63) is 59.7 Å². The fourth-order valence-electron chi connectivity index (χ4n) is 1.88. The van der Waals surface area contributed by atoms with Gasteiger partial charge in [-0.1, -0.05) is 12.1 Å². The van der Waals surface area contributed by atoms with Gasteiger partial charge in [0.05, 0.1) is 13.2 Å². The van der Waals surface area contributed by atoms with Crippen LogP contribution in [-0.2, 0) is 0 Å². The van der Waals surface area contributed by atoms with Crippen LogP contribution < -0.4 is 16.0 Å². The highest BCUT2D eigenvalue weighted by Crippen LogP contribution is 2.27. The number of nitrogens with one attached hydrogen (secondary N) is 1. The average Bonchev–Trinajstić information content (AvgIpc) is 2.49. The Morgan fingerprint density at radius 2 is 2.05 bits per heavy atom. The largest absolute Gasteiger partial charge is 0.497 e. The van der Waals surface area contributed by atoms with Crippen LogP contribution in [0.5, 0.6) is 5.75 Å². The van der Waals surface area contributed by atoms with Gasteiger partial charge in [-0.25, -0.2) is 8.78 Å². The van der Waals surface area contributed by atoms with Gasteiger partial charge in [-0.2, -0.15) is 0 Å². The minimum atomic E-state index is -0.392. The Morgan fingerprint density at radius 3 is 2.67 bits per heavy atom. The number of hydrogen-bond donors (Lipinski definition) is 2. The number of rotatable bonds is 6. The number of ether oxygens (including phenoxy) is 1. The van der Waals surface area contributed by atoms with Crippen molar-refractivity contribution < 1.29 is 13.5 Å². The van der Waals surface area contributed by atoms with E-state index in [2.05, 4.69) is 5.43 Å². The molecule has 2 aromatic carbocycles. The first-order valence-electron chi connectivity index (χ1n) is 6.32. The monoisotopic (exact) mass is 310 g/mol. The van der Waals surface area contributed by atoms with Crippen LogP contribution in [0.15, 0.2) is 47.4 Å². The summed E-state index contributed by atoms with van der Waals surface area (Å²) in [5, 5.41) is 0. The second-order valence-corrected chi connectivity index (χ2v) is 5.47. The Kier molecular flexibility index (Phi) is 5.55. The third kappa shape index (κ3) is 4.17. The van der Waals surface area contributed by atoms with E-state index in [-0.39, 0.29) is 11.9 Å². The van der Waals surface area contributed by atoms with Gasteiger partial charge in [-0.05, 0) is 24.3 Å². The minimum Gasteiger partial charge on any atom is -0.497 e. The molecule has 1 unspecified atom stereocenters. The third-order valence-electron chi connectivity index (χ3n) is 3.00. The zero-order chi connectivity index (χ0) is 15.2. The van der Waals surface area contributed by atoms with Crippen LogP contribution in [0.3, 0.4) is 0 Å². The second kappa shape index (κ2) is 7.40. The topological polar surface area (TPSA) is 47.3 Å². The van der Waals surface area contributed by atoms with Crippen molar-refractivity contribution in [2.45, 2.75) is 10.9 Å². The smallest absolute Gasteiger partial charge is 0.131 e. The van der Waals surface area contributed by atoms with Crippen molar-refractivity contribution in [1.29, 1.82) is 0 Å². The summed E-state index contributed by atoms with van der Waals surface area (Å²) in [5.41, 5.74) is 3.03. The van der Waals surface area contributed by atoms with Crippen molar-refractivity contribution in [2.24, 2.45) is 5.84 Å². The van der Waals surface area contributed by atoms with E-state index in [1.807, 2.05) is 0 Å². The fraction of sp³-hybridized carbons (Fsp3) is 0.200. The molecule has 0 aliphatic heterocycles. The SMILES string of the molecule is COc1ccc(C(CSc2cccc(F)c2)NN)c(F)c1. The summed E-state index contributed by atoms with van der Waals surface area (Å²) in [4.78, 5) is 0.768. The normalized spacial score (nSPS) is 12.2. The Balaban J connectivity index is 2.09. The molecule has 21 heavy (non-hydrogen) atoms. The number of thioether (sulfide) groups is 1. The number of hydrogen-bond acceptors (Lipinski definition) is 4. The average molecular weight is 310 g/mol. The number of benzene rings is 2. The summed E-state index contributed by atoms with van der Waals surface area (Å²) in [6, 6.07) is 10.5. The predicted molar refractivity (Wildman–Crippen MR) is 80.1 cm³/mol. The number of methoxy groups -OCH3 is 1. The van der Waals surface area contributed by atoms with Crippen LogP contribution in [0.25, 0.3) is 0 Å². The molecule has 3 nitrogen and oxygen atoms in total. The first-order chi connectivity index (χ1) is 10.1. The molecule has 2 aromatic rings. The van der Waals surface area contributed by atoms with Crippen LogP contribution in [0.1, 0.15) is 11.6 Å². The number of halogens is 2. The number of hydrazine groups is 1. The highest BCUT2D eigenvalue weighted by molar-refractivity contribution is 7.99. The van der Waals surface area contributed by atoms with E-state index in [9.17, 15) is 8.78 Å². The maximum Gasteiger partial charge on any atom is 0.131 e. The third-order valence-corrected chi connectivity index (χ3v) is 4.08. The van der Waals surface area contributed by atoms with Crippen LogP contribution in [0, 0.1) is 11.6 Å². The summed E-state index contributed by atoms with van der Waals surface area (Å²) < 4.78 is 32.1.